The van der Waals surface area contributed by atoms with Gasteiger partial charge in [-0.3, -0.25) is 4.79 Å². The van der Waals surface area contributed by atoms with Gasteiger partial charge in [-0.15, -0.1) is 0 Å². The van der Waals surface area contributed by atoms with Crippen molar-refractivity contribution >= 4 is 5.91 Å². The van der Waals surface area contributed by atoms with Gasteiger partial charge in [-0.1, -0.05) is 19.8 Å². The van der Waals surface area contributed by atoms with Crippen LogP contribution in [0.5, 0.6) is 0 Å². The van der Waals surface area contributed by atoms with Crippen LogP contribution in [0, 0.1) is 5.92 Å². The molecule has 0 radical (unpaired) electrons. The molecule has 4 nitrogen and oxygen atoms in total. The van der Waals surface area contributed by atoms with E-state index in [-0.39, 0.29) is 11.9 Å². The Morgan fingerprint density at radius 3 is 2.95 bits per heavy atom. The maximum absolute atomic E-state index is 12.0. The third-order valence-corrected chi connectivity index (χ3v) is 3.99. The first-order chi connectivity index (χ1) is 9.16. The van der Waals surface area contributed by atoms with Gasteiger partial charge in [-0.2, -0.15) is 0 Å². The van der Waals surface area contributed by atoms with Crippen LogP contribution in [0.3, 0.4) is 0 Å². The van der Waals surface area contributed by atoms with E-state index in [0.717, 1.165) is 5.76 Å². The summed E-state index contributed by atoms with van der Waals surface area (Å²) in [6, 6.07) is 4.01. The highest BCUT2D eigenvalue weighted by Crippen LogP contribution is 2.23. The van der Waals surface area contributed by atoms with Crippen LogP contribution in [0.2, 0.25) is 0 Å². The molecule has 0 spiro atoms. The van der Waals surface area contributed by atoms with Gasteiger partial charge in [0, 0.05) is 6.04 Å². The molecule has 106 valence electrons. The van der Waals surface area contributed by atoms with Gasteiger partial charge >= 0.3 is 0 Å². The van der Waals surface area contributed by atoms with Crippen molar-refractivity contribution in [3.8, 4) is 0 Å². The van der Waals surface area contributed by atoms with E-state index in [1.54, 1.807) is 6.26 Å². The molecule has 1 aliphatic carbocycles. The first kappa shape index (κ1) is 14.1. The van der Waals surface area contributed by atoms with E-state index >= 15 is 0 Å². The number of rotatable bonds is 5. The van der Waals surface area contributed by atoms with Gasteiger partial charge < -0.3 is 15.1 Å². The van der Waals surface area contributed by atoms with E-state index in [4.69, 9.17) is 4.42 Å². The largest absolute Gasteiger partial charge is 0.467 e. The molecule has 1 aromatic heterocycles. The molecule has 1 aromatic rings. The molecule has 1 heterocycles. The van der Waals surface area contributed by atoms with Crippen molar-refractivity contribution in [3.63, 3.8) is 0 Å². The summed E-state index contributed by atoms with van der Waals surface area (Å²) in [5.41, 5.74) is 0. The van der Waals surface area contributed by atoms with Crippen molar-refractivity contribution in [2.75, 3.05) is 0 Å². The zero-order valence-electron chi connectivity index (χ0n) is 11.8. The summed E-state index contributed by atoms with van der Waals surface area (Å²) in [6.45, 7) is 4.65. The van der Waals surface area contributed by atoms with Gasteiger partial charge in [0.2, 0.25) is 5.91 Å². The second-order valence-electron chi connectivity index (χ2n) is 5.55. The number of carbonyl (C=O) groups is 1. The zero-order valence-corrected chi connectivity index (χ0v) is 11.8. The summed E-state index contributed by atoms with van der Waals surface area (Å²) in [6.07, 6.45) is 6.64. The van der Waals surface area contributed by atoms with Gasteiger partial charge in [-0.25, -0.2) is 0 Å². The number of hydrogen-bond acceptors (Lipinski definition) is 3. The fourth-order valence-corrected chi connectivity index (χ4v) is 2.70. The fraction of sp³-hybridized carbons (Fsp3) is 0.667. The first-order valence-electron chi connectivity index (χ1n) is 7.23. The van der Waals surface area contributed by atoms with Gasteiger partial charge in [0.1, 0.15) is 5.76 Å². The lowest BCUT2D eigenvalue weighted by molar-refractivity contribution is -0.123. The van der Waals surface area contributed by atoms with Crippen molar-refractivity contribution in [3.05, 3.63) is 24.2 Å². The second kappa shape index (κ2) is 6.75. The molecule has 1 saturated carbocycles. The lowest BCUT2D eigenvalue weighted by Crippen LogP contribution is -2.49. The summed E-state index contributed by atoms with van der Waals surface area (Å²) >= 11 is 0. The number of carbonyl (C=O) groups excluding carboxylic acids is 1. The molecule has 0 bridgehead atoms. The minimum atomic E-state index is -0.152. The SMILES string of the molecule is CC(NC1CCCCC1C)C(=O)NCc1ccco1. The van der Waals surface area contributed by atoms with Gasteiger partial charge in [-0.05, 0) is 37.8 Å². The molecule has 0 saturated heterocycles. The van der Waals surface area contributed by atoms with E-state index < -0.39 is 0 Å². The third kappa shape index (κ3) is 4.10. The van der Waals surface area contributed by atoms with Crippen LogP contribution in [0.1, 0.15) is 45.3 Å². The quantitative estimate of drug-likeness (QED) is 0.859. The van der Waals surface area contributed by atoms with E-state index in [1.165, 1.54) is 25.7 Å². The van der Waals surface area contributed by atoms with Crippen LogP contribution in [-0.4, -0.2) is 18.0 Å². The summed E-state index contributed by atoms with van der Waals surface area (Å²) in [5, 5.41) is 6.35. The topological polar surface area (TPSA) is 54.3 Å². The second-order valence-corrected chi connectivity index (χ2v) is 5.55. The predicted octanol–water partition coefficient (Wildman–Crippen LogP) is 2.45. The third-order valence-electron chi connectivity index (χ3n) is 3.99. The standard InChI is InChI=1S/C15H24N2O2/c1-11-6-3-4-8-14(11)17-12(2)15(18)16-10-13-7-5-9-19-13/h5,7,9,11-12,14,17H,3-4,6,8,10H2,1-2H3,(H,16,18). The highest BCUT2D eigenvalue weighted by Gasteiger charge is 2.24. The number of nitrogens with one attached hydrogen (secondary N) is 2. The monoisotopic (exact) mass is 264 g/mol. The van der Waals surface area contributed by atoms with Crippen molar-refractivity contribution < 1.29 is 9.21 Å². The Balaban J connectivity index is 1.75. The first-order valence-corrected chi connectivity index (χ1v) is 7.23. The van der Waals surface area contributed by atoms with Crippen LogP contribution in [0.4, 0.5) is 0 Å². The predicted molar refractivity (Wildman–Crippen MR) is 74.6 cm³/mol. The van der Waals surface area contributed by atoms with Crippen LogP contribution < -0.4 is 10.6 Å². The summed E-state index contributed by atoms with van der Waals surface area (Å²) in [5.74, 6) is 1.48. The molecular weight excluding hydrogens is 240 g/mol. The molecular formula is C15H24N2O2. The maximum Gasteiger partial charge on any atom is 0.237 e. The number of hydrogen-bond donors (Lipinski definition) is 2. The maximum atomic E-state index is 12.0. The average molecular weight is 264 g/mol. The Bertz CT molecular complexity index is 389. The minimum absolute atomic E-state index is 0.0363. The molecule has 0 aliphatic heterocycles. The van der Waals surface area contributed by atoms with Crippen molar-refractivity contribution in [1.82, 2.24) is 10.6 Å². The average Bonchev–Trinajstić information content (AvgIpc) is 2.91. The van der Waals surface area contributed by atoms with E-state index in [9.17, 15) is 4.79 Å². The molecule has 2 rings (SSSR count). The lowest BCUT2D eigenvalue weighted by atomic mass is 9.85. The van der Waals surface area contributed by atoms with E-state index in [1.807, 2.05) is 19.1 Å². The highest BCUT2D eigenvalue weighted by molar-refractivity contribution is 5.81. The van der Waals surface area contributed by atoms with Crippen molar-refractivity contribution in [1.29, 1.82) is 0 Å². The highest BCUT2D eigenvalue weighted by atomic mass is 16.3. The molecule has 2 N–H and O–H groups in total. The van der Waals surface area contributed by atoms with E-state index in [0.29, 0.717) is 18.5 Å². The van der Waals surface area contributed by atoms with Crippen LogP contribution in [0.25, 0.3) is 0 Å². The molecule has 19 heavy (non-hydrogen) atoms. The van der Waals surface area contributed by atoms with Gasteiger partial charge in [0.15, 0.2) is 0 Å². The lowest BCUT2D eigenvalue weighted by Gasteiger charge is -2.31. The van der Waals surface area contributed by atoms with Gasteiger partial charge in [0.05, 0.1) is 18.8 Å². The summed E-state index contributed by atoms with van der Waals surface area (Å²) in [7, 11) is 0. The smallest absolute Gasteiger partial charge is 0.237 e. The molecule has 4 heteroatoms. The zero-order chi connectivity index (χ0) is 13.7. The van der Waals surface area contributed by atoms with Crippen LogP contribution in [0.15, 0.2) is 22.8 Å². The fourth-order valence-electron chi connectivity index (χ4n) is 2.70. The minimum Gasteiger partial charge on any atom is -0.467 e. The number of furan rings is 1. The summed E-state index contributed by atoms with van der Waals surface area (Å²) < 4.78 is 5.20. The molecule has 1 aliphatic rings. The van der Waals surface area contributed by atoms with E-state index in [2.05, 4.69) is 17.6 Å². The molecule has 3 atom stereocenters. The Morgan fingerprint density at radius 1 is 1.47 bits per heavy atom. The Kier molecular flexibility index (Phi) is 5.02. The van der Waals surface area contributed by atoms with Crippen LogP contribution >= 0.6 is 0 Å². The Morgan fingerprint density at radius 2 is 2.26 bits per heavy atom. The number of amides is 1. The normalized spacial score (nSPS) is 24.9. The molecule has 3 unspecified atom stereocenters. The van der Waals surface area contributed by atoms with Crippen LogP contribution in [-0.2, 0) is 11.3 Å². The summed E-state index contributed by atoms with van der Waals surface area (Å²) in [4.78, 5) is 12.0. The Labute approximate surface area is 114 Å². The van der Waals surface area contributed by atoms with Crippen molar-refractivity contribution in [2.45, 2.75) is 58.2 Å². The molecule has 1 fully saturated rings. The van der Waals surface area contributed by atoms with Gasteiger partial charge in [0.25, 0.3) is 0 Å². The molecule has 1 amide bonds. The Hall–Kier alpha value is -1.29. The molecule has 0 aromatic carbocycles. The van der Waals surface area contributed by atoms with Crippen molar-refractivity contribution in [2.24, 2.45) is 5.92 Å².